The molecular weight excluding hydrogens is 156 g/mol. The highest BCUT2D eigenvalue weighted by Gasteiger charge is 2.38. The molecule has 1 rings (SSSR count). The predicted molar refractivity (Wildman–Crippen MR) is 46.1 cm³/mol. The largest absolute Gasteiger partial charge is 0.390 e. The molecule has 0 aromatic heterocycles. The van der Waals surface area contributed by atoms with E-state index in [4.69, 9.17) is 9.47 Å². The molecule has 0 saturated carbocycles. The van der Waals surface area contributed by atoms with Crippen LogP contribution in [0.25, 0.3) is 0 Å². The summed E-state index contributed by atoms with van der Waals surface area (Å²) in [7, 11) is 1.64. The molecule has 12 heavy (non-hydrogen) atoms. The summed E-state index contributed by atoms with van der Waals surface area (Å²) in [5.41, 5.74) is -0.437. The molecule has 1 heterocycles. The molecule has 0 aromatic carbocycles. The minimum absolute atomic E-state index is 0.437. The zero-order valence-electron chi connectivity index (χ0n) is 7.88. The second kappa shape index (κ2) is 4.21. The standard InChI is InChI=1S/C9H18O3/c1-8(10)9(7-11-2)5-3-4-6-12-9/h8,10H,3-7H2,1-2H3/t8-,9+/m0/s1. The summed E-state index contributed by atoms with van der Waals surface area (Å²) in [5.74, 6) is 0. The van der Waals surface area contributed by atoms with Crippen molar-refractivity contribution in [3.63, 3.8) is 0 Å². The third-order valence-electron chi connectivity index (χ3n) is 2.53. The monoisotopic (exact) mass is 174 g/mol. The Labute approximate surface area is 73.7 Å². The van der Waals surface area contributed by atoms with Crippen LogP contribution in [-0.4, -0.2) is 37.1 Å². The summed E-state index contributed by atoms with van der Waals surface area (Å²) in [6, 6.07) is 0. The Morgan fingerprint density at radius 1 is 1.58 bits per heavy atom. The van der Waals surface area contributed by atoms with E-state index in [2.05, 4.69) is 0 Å². The fraction of sp³-hybridized carbons (Fsp3) is 1.00. The lowest BCUT2D eigenvalue weighted by molar-refractivity contribution is -0.168. The second-order valence-corrected chi connectivity index (χ2v) is 3.48. The van der Waals surface area contributed by atoms with Gasteiger partial charge in [-0.15, -0.1) is 0 Å². The zero-order chi connectivity index (χ0) is 9.03. The van der Waals surface area contributed by atoms with Gasteiger partial charge < -0.3 is 14.6 Å². The normalized spacial score (nSPS) is 33.2. The average molecular weight is 174 g/mol. The summed E-state index contributed by atoms with van der Waals surface area (Å²) in [6.45, 7) is 3.00. The number of rotatable bonds is 3. The summed E-state index contributed by atoms with van der Waals surface area (Å²) in [4.78, 5) is 0. The topological polar surface area (TPSA) is 38.7 Å². The van der Waals surface area contributed by atoms with Crippen LogP contribution in [-0.2, 0) is 9.47 Å². The molecule has 0 bridgehead atoms. The van der Waals surface area contributed by atoms with E-state index in [0.717, 1.165) is 25.9 Å². The van der Waals surface area contributed by atoms with E-state index < -0.39 is 11.7 Å². The van der Waals surface area contributed by atoms with E-state index in [1.54, 1.807) is 14.0 Å². The molecule has 0 amide bonds. The average Bonchev–Trinajstić information content (AvgIpc) is 2.06. The molecule has 3 nitrogen and oxygen atoms in total. The molecule has 72 valence electrons. The molecule has 0 radical (unpaired) electrons. The van der Waals surface area contributed by atoms with Gasteiger partial charge in [-0.2, -0.15) is 0 Å². The maximum atomic E-state index is 9.55. The van der Waals surface area contributed by atoms with Crippen LogP contribution in [0.15, 0.2) is 0 Å². The highest BCUT2D eigenvalue weighted by atomic mass is 16.5. The Kier molecular flexibility index (Phi) is 3.50. The first-order valence-corrected chi connectivity index (χ1v) is 4.52. The number of aliphatic hydroxyl groups excluding tert-OH is 1. The third kappa shape index (κ3) is 1.97. The van der Waals surface area contributed by atoms with Crippen LogP contribution < -0.4 is 0 Å². The predicted octanol–water partition coefficient (Wildman–Crippen LogP) is 0.953. The van der Waals surface area contributed by atoms with Crippen LogP contribution in [0.1, 0.15) is 26.2 Å². The Morgan fingerprint density at radius 3 is 2.75 bits per heavy atom. The Bertz CT molecular complexity index is 122. The zero-order valence-corrected chi connectivity index (χ0v) is 7.88. The molecule has 0 spiro atoms. The summed E-state index contributed by atoms with van der Waals surface area (Å²) in [6.07, 6.45) is 2.67. The summed E-state index contributed by atoms with van der Waals surface area (Å²) >= 11 is 0. The molecule has 1 fully saturated rings. The highest BCUT2D eigenvalue weighted by molar-refractivity contribution is 4.88. The van der Waals surface area contributed by atoms with Crippen molar-refractivity contribution in [1.82, 2.24) is 0 Å². The van der Waals surface area contributed by atoms with Gasteiger partial charge in [-0.05, 0) is 26.2 Å². The molecule has 3 heteroatoms. The lowest BCUT2D eigenvalue weighted by Crippen LogP contribution is -2.49. The Balaban J connectivity index is 2.56. The van der Waals surface area contributed by atoms with Gasteiger partial charge in [0.15, 0.2) is 0 Å². The minimum Gasteiger partial charge on any atom is -0.390 e. The van der Waals surface area contributed by atoms with Gasteiger partial charge in [-0.1, -0.05) is 0 Å². The Morgan fingerprint density at radius 2 is 2.33 bits per heavy atom. The number of aliphatic hydroxyl groups is 1. The molecule has 0 aromatic rings. The fourth-order valence-corrected chi connectivity index (χ4v) is 1.68. The molecule has 1 saturated heterocycles. The molecular formula is C9H18O3. The number of hydrogen-bond donors (Lipinski definition) is 1. The molecule has 1 aliphatic rings. The van der Waals surface area contributed by atoms with Gasteiger partial charge >= 0.3 is 0 Å². The lowest BCUT2D eigenvalue weighted by Gasteiger charge is -2.39. The summed E-state index contributed by atoms with van der Waals surface area (Å²) in [5, 5.41) is 9.55. The molecule has 0 unspecified atom stereocenters. The van der Waals surface area contributed by atoms with E-state index >= 15 is 0 Å². The van der Waals surface area contributed by atoms with Crippen LogP contribution in [0.4, 0.5) is 0 Å². The van der Waals surface area contributed by atoms with Crippen molar-refractivity contribution in [2.75, 3.05) is 20.3 Å². The summed E-state index contributed by atoms with van der Waals surface area (Å²) < 4.78 is 10.7. The number of ether oxygens (including phenoxy) is 2. The van der Waals surface area contributed by atoms with Crippen LogP contribution in [0.3, 0.4) is 0 Å². The minimum atomic E-state index is -0.447. The number of hydrogen-bond acceptors (Lipinski definition) is 3. The first-order chi connectivity index (χ1) is 5.71. The van der Waals surface area contributed by atoms with E-state index in [0.29, 0.717) is 6.61 Å². The van der Waals surface area contributed by atoms with Gasteiger partial charge in [0.05, 0.1) is 12.7 Å². The van der Waals surface area contributed by atoms with Crippen LogP contribution in [0.5, 0.6) is 0 Å². The van der Waals surface area contributed by atoms with Gasteiger partial charge in [-0.3, -0.25) is 0 Å². The molecule has 1 N–H and O–H groups in total. The third-order valence-corrected chi connectivity index (χ3v) is 2.53. The van der Waals surface area contributed by atoms with Crippen molar-refractivity contribution in [2.45, 2.75) is 37.9 Å². The van der Waals surface area contributed by atoms with Gasteiger partial charge in [0.2, 0.25) is 0 Å². The van der Waals surface area contributed by atoms with Crippen LogP contribution in [0.2, 0.25) is 0 Å². The van der Waals surface area contributed by atoms with Crippen LogP contribution in [0, 0.1) is 0 Å². The Hall–Kier alpha value is -0.120. The second-order valence-electron chi connectivity index (χ2n) is 3.48. The quantitative estimate of drug-likeness (QED) is 0.692. The van der Waals surface area contributed by atoms with Crippen molar-refractivity contribution in [1.29, 1.82) is 0 Å². The van der Waals surface area contributed by atoms with E-state index in [1.807, 2.05) is 0 Å². The highest BCUT2D eigenvalue weighted by Crippen LogP contribution is 2.28. The van der Waals surface area contributed by atoms with Crippen molar-refractivity contribution in [3.05, 3.63) is 0 Å². The van der Waals surface area contributed by atoms with Crippen molar-refractivity contribution >= 4 is 0 Å². The van der Waals surface area contributed by atoms with Gasteiger partial charge in [0, 0.05) is 13.7 Å². The van der Waals surface area contributed by atoms with Crippen molar-refractivity contribution in [3.8, 4) is 0 Å². The maximum absolute atomic E-state index is 9.55. The molecule has 2 atom stereocenters. The van der Waals surface area contributed by atoms with E-state index in [9.17, 15) is 5.11 Å². The smallest absolute Gasteiger partial charge is 0.117 e. The van der Waals surface area contributed by atoms with Gasteiger partial charge in [-0.25, -0.2) is 0 Å². The SMILES string of the molecule is COC[C@@]1([C@H](C)O)CCCCO1. The lowest BCUT2D eigenvalue weighted by atomic mass is 9.90. The van der Waals surface area contributed by atoms with Crippen molar-refractivity contribution in [2.24, 2.45) is 0 Å². The van der Waals surface area contributed by atoms with Crippen LogP contribution >= 0.6 is 0 Å². The molecule has 1 aliphatic heterocycles. The van der Waals surface area contributed by atoms with E-state index in [1.165, 1.54) is 0 Å². The van der Waals surface area contributed by atoms with E-state index in [-0.39, 0.29) is 0 Å². The van der Waals surface area contributed by atoms with Gasteiger partial charge in [0.1, 0.15) is 5.60 Å². The molecule has 0 aliphatic carbocycles. The number of methoxy groups -OCH3 is 1. The fourth-order valence-electron chi connectivity index (χ4n) is 1.68. The maximum Gasteiger partial charge on any atom is 0.117 e. The first-order valence-electron chi connectivity index (χ1n) is 4.52. The van der Waals surface area contributed by atoms with Gasteiger partial charge in [0.25, 0.3) is 0 Å². The van der Waals surface area contributed by atoms with Crippen molar-refractivity contribution < 1.29 is 14.6 Å². The first kappa shape index (κ1) is 9.96.